The molecule has 1 atom stereocenters. The van der Waals surface area contributed by atoms with Gasteiger partial charge in [0.05, 0.1) is 4.88 Å². The highest BCUT2D eigenvalue weighted by Crippen LogP contribution is 2.25. The monoisotopic (exact) mass is 307 g/mol. The number of carboxylic acids is 2. The van der Waals surface area contributed by atoms with E-state index in [4.69, 9.17) is 10.2 Å². The summed E-state index contributed by atoms with van der Waals surface area (Å²) in [4.78, 5) is 34.0. The van der Waals surface area contributed by atoms with Crippen molar-refractivity contribution >= 4 is 39.3 Å². The molecule has 0 saturated carbocycles. The Labute approximate surface area is 124 Å². The van der Waals surface area contributed by atoms with E-state index in [-0.39, 0.29) is 12.8 Å². The number of thiophene rings is 1. The minimum absolute atomic E-state index is 0.151. The van der Waals surface area contributed by atoms with Crippen molar-refractivity contribution in [3.05, 3.63) is 35.2 Å². The van der Waals surface area contributed by atoms with Crippen LogP contribution in [0.3, 0.4) is 0 Å². The highest BCUT2D eigenvalue weighted by molar-refractivity contribution is 7.20. The van der Waals surface area contributed by atoms with E-state index in [0.29, 0.717) is 4.88 Å². The first-order valence-electron chi connectivity index (χ1n) is 6.21. The Morgan fingerprint density at radius 2 is 1.90 bits per heavy atom. The lowest BCUT2D eigenvalue weighted by molar-refractivity contribution is -0.140. The van der Waals surface area contributed by atoms with Gasteiger partial charge in [0.2, 0.25) is 0 Å². The maximum atomic E-state index is 12.1. The zero-order valence-corrected chi connectivity index (χ0v) is 11.7. The highest BCUT2D eigenvalue weighted by atomic mass is 32.1. The molecule has 3 N–H and O–H groups in total. The van der Waals surface area contributed by atoms with E-state index in [1.165, 1.54) is 11.3 Å². The number of hydrogen-bond donors (Lipinski definition) is 3. The van der Waals surface area contributed by atoms with Crippen molar-refractivity contribution in [1.82, 2.24) is 5.32 Å². The molecule has 0 bridgehead atoms. The smallest absolute Gasteiger partial charge is 0.326 e. The zero-order valence-electron chi connectivity index (χ0n) is 10.9. The first-order chi connectivity index (χ1) is 9.97. The fourth-order valence-corrected chi connectivity index (χ4v) is 2.81. The van der Waals surface area contributed by atoms with Gasteiger partial charge in [-0.15, -0.1) is 11.3 Å². The third kappa shape index (κ3) is 3.79. The summed E-state index contributed by atoms with van der Waals surface area (Å²) in [6.07, 6.45) is -0.467. The van der Waals surface area contributed by atoms with Crippen LogP contribution in [0.2, 0.25) is 0 Å². The Balaban J connectivity index is 2.10. The summed E-state index contributed by atoms with van der Waals surface area (Å²) in [5, 5.41) is 20.9. The van der Waals surface area contributed by atoms with E-state index in [0.717, 1.165) is 10.1 Å². The van der Waals surface area contributed by atoms with Crippen LogP contribution in [0.5, 0.6) is 0 Å². The second-order valence-corrected chi connectivity index (χ2v) is 5.53. The van der Waals surface area contributed by atoms with Gasteiger partial charge < -0.3 is 15.5 Å². The Hall–Kier alpha value is -2.41. The Morgan fingerprint density at radius 3 is 2.52 bits per heavy atom. The number of hydrogen-bond acceptors (Lipinski definition) is 4. The molecule has 0 radical (unpaired) electrons. The molecule has 2 rings (SSSR count). The highest BCUT2D eigenvalue weighted by Gasteiger charge is 2.22. The number of amides is 1. The predicted molar refractivity (Wildman–Crippen MR) is 77.6 cm³/mol. The Morgan fingerprint density at radius 1 is 1.19 bits per heavy atom. The number of nitrogens with one attached hydrogen (secondary N) is 1. The molecule has 2 aromatic rings. The van der Waals surface area contributed by atoms with Crippen LogP contribution in [-0.4, -0.2) is 34.1 Å². The maximum absolute atomic E-state index is 12.1. The Kier molecular flexibility index (Phi) is 4.54. The first kappa shape index (κ1) is 15.0. The SMILES string of the molecule is O=C(O)CCC(NC(=O)c1cc2ccccc2s1)C(=O)O. The lowest BCUT2D eigenvalue weighted by Crippen LogP contribution is -2.40. The van der Waals surface area contributed by atoms with Crippen LogP contribution < -0.4 is 5.32 Å². The average molecular weight is 307 g/mol. The summed E-state index contributed by atoms with van der Waals surface area (Å²) in [5.41, 5.74) is 0. The van der Waals surface area contributed by atoms with E-state index in [2.05, 4.69) is 5.32 Å². The molecule has 0 aliphatic heterocycles. The molecule has 1 unspecified atom stereocenters. The molecule has 1 aromatic heterocycles. The zero-order chi connectivity index (χ0) is 15.4. The minimum atomic E-state index is -1.24. The van der Waals surface area contributed by atoms with Crippen molar-refractivity contribution in [2.24, 2.45) is 0 Å². The van der Waals surface area contributed by atoms with Gasteiger partial charge >= 0.3 is 11.9 Å². The van der Waals surface area contributed by atoms with E-state index in [1.54, 1.807) is 6.07 Å². The van der Waals surface area contributed by atoms with E-state index < -0.39 is 23.9 Å². The standard InChI is InChI=1S/C14H13NO5S/c16-12(17)6-5-9(14(19)20)15-13(18)11-7-8-3-1-2-4-10(8)21-11/h1-4,7,9H,5-6H2,(H,15,18)(H,16,17)(H,19,20). The lowest BCUT2D eigenvalue weighted by Gasteiger charge is -2.12. The second kappa shape index (κ2) is 6.36. The summed E-state index contributed by atoms with van der Waals surface area (Å²) in [6, 6.07) is 7.92. The lowest BCUT2D eigenvalue weighted by atomic mass is 10.1. The second-order valence-electron chi connectivity index (χ2n) is 4.45. The number of carbonyl (C=O) groups excluding carboxylic acids is 1. The van der Waals surface area contributed by atoms with Gasteiger partial charge in [-0.05, 0) is 23.9 Å². The Bertz CT molecular complexity index is 660. The molecule has 110 valence electrons. The molecule has 7 heteroatoms. The van der Waals surface area contributed by atoms with Gasteiger partial charge in [0.15, 0.2) is 0 Å². The van der Waals surface area contributed by atoms with Gasteiger partial charge in [-0.3, -0.25) is 9.59 Å². The predicted octanol–water partition coefficient (Wildman–Crippen LogP) is 1.95. The van der Waals surface area contributed by atoms with Crippen LogP contribution in [0.25, 0.3) is 10.1 Å². The molecular weight excluding hydrogens is 294 g/mol. The minimum Gasteiger partial charge on any atom is -0.481 e. The number of fused-ring (bicyclic) bond motifs is 1. The quantitative estimate of drug-likeness (QED) is 0.756. The molecule has 1 aromatic carbocycles. The average Bonchev–Trinajstić information content (AvgIpc) is 2.86. The van der Waals surface area contributed by atoms with Crippen molar-refractivity contribution in [2.75, 3.05) is 0 Å². The maximum Gasteiger partial charge on any atom is 0.326 e. The molecule has 1 amide bonds. The topological polar surface area (TPSA) is 104 Å². The van der Waals surface area contributed by atoms with Crippen molar-refractivity contribution in [1.29, 1.82) is 0 Å². The molecule has 21 heavy (non-hydrogen) atoms. The van der Waals surface area contributed by atoms with Gasteiger partial charge in [-0.25, -0.2) is 4.79 Å². The number of carboxylic acid groups (broad SMARTS) is 2. The third-order valence-electron chi connectivity index (χ3n) is 2.90. The van der Waals surface area contributed by atoms with Gasteiger partial charge in [0.25, 0.3) is 5.91 Å². The van der Waals surface area contributed by atoms with Gasteiger partial charge in [0.1, 0.15) is 6.04 Å². The normalized spacial score (nSPS) is 12.0. The van der Waals surface area contributed by atoms with Crippen LogP contribution >= 0.6 is 11.3 Å². The number of aliphatic carboxylic acids is 2. The number of rotatable bonds is 6. The van der Waals surface area contributed by atoms with E-state index >= 15 is 0 Å². The van der Waals surface area contributed by atoms with Crippen LogP contribution in [0.1, 0.15) is 22.5 Å². The van der Waals surface area contributed by atoms with Crippen molar-refractivity contribution in [3.8, 4) is 0 Å². The summed E-state index contributed by atoms with van der Waals surface area (Å²) < 4.78 is 0.931. The summed E-state index contributed by atoms with van der Waals surface area (Å²) >= 11 is 1.26. The van der Waals surface area contributed by atoms with E-state index in [9.17, 15) is 14.4 Å². The fourth-order valence-electron chi connectivity index (χ4n) is 1.85. The van der Waals surface area contributed by atoms with Crippen LogP contribution in [0, 0.1) is 0 Å². The largest absolute Gasteiger partial charge is 0.481 e. The van der Waals surface area contributed by atoms with E-state index in [1.807, 2.05) is 24.3 Å². The van der Waals surface area contributed by atoms with Crippen molar-refractivity contribution in [3.63, 3.8) is 0 Å². The molecule has 0 spiro atoms. The molecule has 0 aliphatic rings. The van der Waals surface area contributed by atoms with Gasteiger partial charge in [-0.1, -0.05) is 18.2 Å². The molecule has 6 nitrogen and oxygen atoms in total. The number of carbonyl (C=O) groups is 3. The fraction of sp³-hybridized carbons (Fsp3) is 0.214. The number of benzene rings is 1. The molecule has 1 heterocycles. The summed E-state index contributed by atoms with van der Waals surface area (Å²) in [5.74, 6) is -2.85. The first-order valence-corrected chi connectivity index (χ1v) is 7.03. The molecule has 0 fully saturated rings. The van der Waals surface area contributed by atoms with Crippen molar-refractivity contribution in [2.45, 2.75) is 18.9 Å². The van der Waals surface area contributed by atoms with Crippen LogP contribution in [0.15, 0.2) is 30.3 Å². The summed E-state index contributed by atoms with van der Waals surface area (Å²) in [6.45, 7) is 0. The molecule has 0 saturated heterocycles. The third-order valence-corrected chi connectivity index (χ3v) is 4.01. The van der Waals surface area contributed by atoms with Gasteiger partial charge in [0, 0.05) is 11.1 Å². The van der Waals surface area contributed by atoms with Gasteiger partial charge in [-0.2, -0.15) is 0 Å². The summed E-state index contributed by atoms with van der Waals surface area (Å²) in [7, 11) is 0. The van der Waals surface area contributed by atoms with Crippen LogP contribution in [0.4, 0.5) is 0 Å². The molecular formula is C14H13NO5S. The van der Waals surface area contributed by atoms with Crippen molar-refractivity contribution < 1.29 is 24.6 Å². The van der Waals surface area contributed by atoms with Crippen LogP contribution in [-0.2, 0) is 9.59 Å². The molecule has 0 aliphatic carbocycles.